The molecule has 0 bridgehead atoms. The third-order valence-corrected chi connectivity index (χ3v) is 6.48. The van der Waals surface area contributed by atoms with E-state index in [-0.39, 0.29) is 0 Å². The number of rotatable bonds is 3. The highest BCUT2D eigenvalue weighted by Crippen LogP contribution is 2.38. The predicted molar refractivity (Wildman–Crippen MR) is 108 cm³/mol. The quantitative estimate of drug-likeness (QED) is 0.772. The number of hydrogen-bond donors (Lipinski definition) is 1. The van der Waals surface area contributed by atoms with Crippen molar-refractivity contribution in [3.8, 4) is 0 Å². The van der Waals surface area contributed by atoms with E-state index in [1.165, 1.54) is 47.1 Å². The van der Waals surface area contributed by atoms with Crippen LogP contribution in [0.1, 0.15) is 42.1 Å². The van der Waals surface area contributed by atoms with E-state index in [9.17, 15) is 5.11 Å². The fourth-order valence-corrected chi connectivity index (χ4v) is 5.02. The van der Waals surface area contributed by atoms with Gasteiger partial charge in [0.15, 0.2) is 0 Å². The molecule has 27 heavy (non-hydrogen) atoms. The normalized spacial score (nSPS) is 21.8. The molecule has 2 aliphatic rings. The molecule has 1 aromatic carbocycles. The Morgan fingerprint density at radius 1 is 1.30 bits per heavy atom. The van der Waals surface area contributed by atoms with Crippen LogP contribution in [0.4, 0.5) is 0 Å². The number of aliphatic hydroxyl groups is 1. The molecule has 5 rings (SSSR count). The van der Waals surface area contributed by atoms with Gasteiger partial charge in [-0.2, -0.15) is 0 Å². The fraction of sp³-hybridized carbons (Fsp3) is 0.435. The van der Waals surface area contributed by atoms with E-state index in [2.05, 4.69) is 39.6 Å². The number of aromatic nitrogens is 2. The van der Waals surface area contributed by atoms with Gasteiger partial charge >= 0.3 is 0 Å². The number of nitrogens with zero attached hydrogens (tertiary/aromatic N) is 3. The summed E-state index contributed by atoms with van der Waals surface area (Å²) < 4.78 is 2.38. The van der Waals surface area contributed by atoms with E-state index in [0.29, 0.717) is 12.6 Å². The number of benzene rings is 1. The Morgan fingerprint density at radius 3 is 3.00 bits per heavy atom. The standard InChI is InChI=1S/C23H27N3O/c1-16-7-8-21-19(11-16)20-14-25-10-4-6-18(25)12-22(20)26(21)15-23(2,27)17-5-3-9-24-13-17/h3,5,7-9,11,13,18,27H,4,6,10,12,14-15H2,1-2H3. The van der Waals surface area contributed by atoms with E-state index < -0.39 is 5.60 Å². The molecule has 0 amide bonds. The molecule has 3 aromatic rings. The molecule has 4 nitrogen and oxygen atoms in total. The Kier molecular flexibility index (Phi) is 3.88. The number of fused-ring (bicyclic) bond motifs is 4. The summed E-state index contributed by atoms with van der Waals surface area (Å²) in [6.07, 6.45) is 7.22. The van der Waals surface area contributed by atoms with E-state index in [4.69, 9.17) is 0 Å². The van der Waals surface area contributed by atoms with Crippen molar-refractivity contribution in [1.82, 2.24) is 14.5 Å². The summed E-state index contributed by atoms with van der Waals surface area (Å²) in [6.45, 7) is 6.88. The summed E-state index contributed by atoms with van der Waals surface area (Å²) in [5.74, 6) is 0. The maximum Gasteiger partial charge on any atom is 0.106 e. The molecule has 1 fully saturated rings. The summed E-state index contributed by atoms with van der Waals surface area (Å²) in [5, 5.41) is 12.6. The number of aryl methyl sites for hydroxylation is 1. The first-order valence-electron chi connectivity index (χ1n) is 10.0. The third kappa shape index (κ3) is 2.79. The maximum absolute atomic E-state index is 11.3. The van der Waals surface area contributed by atoms with E-state index in [1.54, 1.807) is 12.4 Å². The molecule has 2 atom stereocenters. The Hall–Kier alpha value is -2.17. The van der Waals surface area contributed by atoms with Crippen LogP contribution in [0.25, 0.3) is 10.9 Å². The largest absolute Gasteiger partial charge is 0.384 e. The van der Waals surface area contributed by atoms with Gasteiger partial charge in [0.2, 0.25) is 0 Å². The minimum absolute atomic E-state index is 0.556. The van der Waals surface area contributed by atoms with Crippen molar-refractivity contribution in [2.75, 3.05) is 6.54 Å². The van der Waals surface area contributed by atoms with Gasteiger partial charge < -0.3 is 9.67 Å². The average molecular weight is 361 g/mol. The molecule has 2 aliphatic heterocycles. The minimum Gasteiger partial charge on any atom is -0.384 e. The average Bonchev–Trinajstić information content (AvgIpc) is 3.23. The van der Waals surface area contributed by atoms with Crippen LogP contribution in [-0.4, -0.2) is 32.1 Å². The summed E-state index contributed by atoms with van der Waals surface area (Å²) in [6, 6.07) is 11.3. The minimum atomic E-state index is -0.953. The molecule has 2 aromatic heterocycles. The number of pyridine rings is 1. The van der Waals surface area contributed by atoms with Crippen molar-refractivity contribution in [1.29, 1.82) is 0 Å². The first kappa shape index (κ1) is 17.0. The van der Waals surface area contributed by atoms with Crippen molar-refractivity contribution in [3.63, 3.8) is 0 Å². The van der Waals surface area contributed by atoms with Gasteiger partial charge in [0.25, 0.3) is 0 Å². The Labute approximate surface area is 160 Å². The summed E-state index contributed by atoms with van der Waals surface area (Å²) in [5.41, 5.74) is 5.34. The second-order valence-corrected chi connectivity index (χ2v) is 8.52. The highest BCUT2D eigenvalue weighted by molar-refractivity contribution is 5.86. The molecule has 0 radical (unpaired) electrons. The molecule has 0 saturated carbocycles. The van der Waals surface area contributed by atoms with Crippen LogP contribution in [-0.2, 0) is 25.1 Å². The van der Waals surface area contributed by atoms with Crippen LogP contribution >= 0.6 is 0 Å². The van der Waals surface area contributed by atoms with Crippen LogP contribution in [0.3, 0.4) is 0 Å². The van der Waals surface area contributed by atoms with Gasteiger partial charge in [-0.3, -0.25) is 9.88 Å². The van der Waals surface area contributed by atoms with Gasteiger partial charge in [0, 0.05) is 53.6 Å². The fourth-order valence-electron chi connectivity index (χ4n) is 5.02. The van der Waals surface area contributed by atoms with Crippen LogP contribution in [0.5, 0.6) is 0 Å². The first-order valence-corrected chi connectivity index (χ1v) is 10.0. The summed E-state index contributed by atoms with van der Waals surface area (Å²) in [7, 11) is 0. The second-order valence-electron chi connectivity index (χ2n) is 8.52. The van der Waals surface area contributed by atoms with Gasteiger partial charge in [0.1, 0.15) is 5.60 Å². The van der Waals surface area contributed by atoms with Crippen molar-refractivity contribution in [2.24, 2.45) is 0 Å². The number of hydrogen-bond acceptors (Lipinski definition) is 3. The topological polar surface area (TPSA) is 41.3 Å². The van der Waals surface area contributed by atoms with Crippen LogP contribution in [0.2, 0.25) is 0 Å². The van der Waals surface area contributed by atoms with E-state index >= 15 is 0 Å². The van der Waals surface area contributed by atoms with E-state index in [0.717, 1.165) is 18.5 Å². The third-order valence-electron chi connectivity index (χ3n) is 6.48. The Morgan fingerprint density at radius 2 is 2.19 bits per heavy atom. The van der Waals surface area contributed by atoms with Crippen molar-refractivity contribution in [3.05, 3.63) is 65.1 Å². The lowest BCUT2D eigenvalue weighted by Gasteiger charge is -2.32. The molecule has 0 spiro atoms. The lowest BCUT2D eigenvalue weighted by Crippen LogP contribution is -2.37. The molecule has 140 valence electrons. The first-order chi connectivity index (χ1) is 13.0. The van der Waals surface area contributed by atoms with Gasteiger partial charge in [-0.25, -0.2) is 0 Å². The molecule has 2 unspecified atom stereocenters. The van der Waals surface area contributed by atoms with Crippen molar-refractivity contribution in [2.45, 2.75) is 57.8 Å². The highest BCUT2D eigenvalue weighted by atomic mass is 16.3. The van der Waals surface area contributed by atoms with Gasteiger partial charge in [-0.15, -0.1) is 0 Å². The van der Waals surface area contributed by atoms with Gasteiger partial charge in [-0.1, -0.05) is 17.7 Å². The zero-order chi connectivity index (χ0) is 18.6. The summed E-state index contributed by atoms with van der Waals surface area (Å²) in [4.78, 5) is 6.86. The second kappa shape index (κ2) is 6.18. The van der Waals surface area contributed by atoms with Crippen molar-refractivity contribution < 1.29 is 5.11 Å². The Balaban J connectivity index is 1.64. The van der Waals surface area contributed by atoms with Gasteiger partial charge in [-0.05, 0) is 57.0 Å². The summed E-state index contributed by atoms with van der Waals surface area (Å²) >= 11 is 0. The zero-order valence-corrected chi connectivity index (χ0v) is 16.2. The lowest BCUT2D eigenvalue weighted by molar-refractivity contribution is 0.0378. The predicted octanol–water partition coefficient (Wildman–Crippen LogP) is 3.77. The molecule has 1 N–H and O–H groups in total. The highest BCUT2D eigenvalue weighted by Gasteiger charge is 2.35. The molecule has 1 saturated heterocycles. The van der Waals surface area contributed by atoms with Crippen LogP contribution < -0.4 is 0 Å². The molecule has 0 aliphatic carbocycles. The monoisotopic (exact) mass is 361 g/mol. The van der Waals surface area contributed by atoms with Crippen LogP contribution in [0, 0.1) is 6.92 Å². The Bertz CT molecular complexity index is 990. The zero-order valence-electron chi connectivity index (χ0n) is 16.2. The lowest BCUT2D eigenvalue weighted by atomic mass is 9.96. The van der Waals surface area contributed by atoms with Gasteiger partial charge in [0.05, 0.1) is 6.54 Å². The van der Waals surface area contributed by atoms with E-state index in [1.807, 2.05) is 19.1 Å². The molecular formula is C23H27N3O. The molecular weight excluding hydrogens is 334 g/mol. The molecule has 4 heterocycles. The molecule has 4 heteroatoms. The van der Waals surface area contributed by atoms with Crippen LogP contribution in [0.15, 0.2) is 42.7 Å². The van der Waals surface area contributed by atoms with Crippen molar-refractivity contribution >= 4 is 10.9 Å². The SMILES string of the molecule is Cc1ccc2c(c1)c1c(n2CC(C)(O)c2cccnc2)CC2CCCN2C1. The maximum atomic E-state index is 11.3. The smallest absolute Gasteiger partial charge is 0.106 e.